The van der Waals surface area contributed by atoms with Gasteiger partial charge in [0.1, 0.15) is 0 Å². The molecule has 0 saturated heterocycles. The highest BCUT2D eigenvalue weighted by Gasteiger charge is 2.46. The summed E-state index contributed by atoms with van der Waals surface area (Å²) in [4.78, 5) is 0.627. The van der Waals surface area contributed by atoms with Gasteiger partial charge < -0.3 is 0 Å². The Balaban J connectivity index is 2.15. The first-order valence-electron chi connectivity index (χ1n) is 5.01. The third-order valence-electron chi connectivity index (χ3n) is 3.24. The van der Waals surface area contributed by atoms with Crippen LogP contribution in [0.2, 0.25) is 0 Å². The summed E-state index contributed by atoms with van der Waals surface area (Å²) in [6, 6.07) is 8.55. The quantitative estimate of drug-likeness (QED) is 0.717. The van der Waals surface area contributed by atoms with Crippen molar-refractivity contribution >= 4 is 31.9 Å². The van der Waals surface area contributed by atoms with Crippen molar-refractivity contribution in [1.29, 1.82) is 0 Å². The number of rotatable bonds is 3. The van der Waals surface area contributed by atoms with Crippen molar-refractivity contribution in [3.8, 4) is 0 Å². The fourth-order valence-corrected chi connectivity index (χ4v) is 2.94. The van der Waals surface area contributed by atoms with Gasteiger partial charge in [-0.05, 0) is 36.3 Å². The first-order valence-corrected chi connectivity index (χ1v) is 6.72. The van der Waals surface area contributed by atoms with E-state index in [1.165, 1.54) is 29.3 Å². The standard InChI is InChI=1S/C12H14Br2/c1-9(13)12(6-7-12)8-10-4-2-3-5-11(10)14/h2-5,9H,6-8H2,1H3. The molecule has 1 unspecified atom stereocenters. The van der Waals surface area contributed by atoms with E-state index in [-0.39, 0.29) is 0 Å². The second kappa shape index (κ2) is 3.97. The summed E-state index contributed by atoms with van der Waals surface area (Å²) in [7, 11) is 0. The van der Waals surface area contributed by atoms with Gasteiger partial charge in [0.2, 0.25) is 0 Å². The maximum Gasteiger partial charge on any atom is 0.0207 e. The van der Waals surface area contributed by atoms with Gasteiger partial charge in [-0.25, -0.2) is 0 Å². The third kappa shape index (κ3) is 2.06. The Morgan fingerprint density at radius 3 is 2.50 bits per heavy atom. The Kier molecular flexibility index (Phi) is 3.03. The lowest BCUT2D eigenvalue weighted by atomic mass is 9.94. The first kappa shape index (κ1) is 10.7. The molecule has 76 valence electrons. The second-order valence-electron chi connectivity index (χ2n) is 4.25. The molecule has 1 saturated carbocycles. The molecule has 1 aromatic carbocycles. The fraction of sp³-hybridized carbons (Fsp3) is 0.500. The Hall–Kier alpha value is 0.180. The lowest BCUT2D eigenvalue weighted by Gasteiger charge is -2.18. The predicted molar refractivity (Wildman–Crippen MR) is 67.9 cm³/mol. The molecular weight excluding hydrogens is 304 g/mol. The lowest BCUT2D eigenvalue weighted by Crippen LogP contribution is -2.15. The van der Waals surface area contributed by atoms with Gasteiger partial charge in [-0.2, -0.15) is 0 Å². The zero-order valence-corrected chi connectivity index (χ0v) is 11.4. The number of benzene rings is 1. The van der Waals surface area contributed by atoms with Gasteiger partial charge in [-0.1, -0.05) is 57.0 Å². The van der Waals surface area contributed by atoms with Gasteiger partial charge in [0, 0.05) is 9.30 Å². The molecule has 0 aromatic heterocycles. The molecular formula is C12H14Br2. The molecule has 1 aromatic rings. The smallest absolute Gasteiger partial charge is 0.0207 e. The van der Waals surface area contributed by atoms with E-state index in [9.17, 15) is 0 Å². The minimum absolute atomic E-state index is 0.532. The number of hydrogen-bond acceptors (Lipinski definition) is 0. The number of alkyl halides is 1. The average molecular weight is 318 g/mol. The molecule has 1 aliphatic carbocycles. The summed E-state index contributed by atoms with van der Waals surface area (Å²) in [5.74, 6) is 0. The Morgan fingerprint density at radius 2 is 2.00 bits per heavy atom. The van der Waals surface area contributed by atoms with Crippen molar-refractivity contribution in [2.24, 2.45) is 5.41 Å². The fourth-order valence-electron chi connectivity index (χ4n) is 1.90. The molecule has 1 fully saturated rings. The molecule has 0 nitrogen and oxygen atoms in total. The van der Waals surface area contributed by atoms with Gasteiger partial charge in [-0.3, -0.25) is 0 Å². The molecule has 0 heterocycles. The molecule has 0 bridgehead atoms. The summed E-state index contributed by atoms with van der Waals surface area (Å²) in [6.07, 6.45) is 3.92. The molecule has 0 radical (unpaired) electrons. The van der Waals surface area contributed by atoms with Crippen LogP contribution in [0.15, 0.2) is 28.7 Å². The zero-order valence-electron chi connectivity index (χ0n) is 8.26. The number of halogens is 2. The van der Waals surface area contributed by atoms with Crippen LogP contribution in [0.1, 0.15) is 25.3 Å². The zero-order chi connectivity index (χ0) is 10.2. The van der Waals surface area contributed by atoms with Crippen molar-refractivity contribution in [2.45, 2.75) is 31.0 Å². The van der Waals surface area contributed by atoms with E-state index >= 15 is 0 Å². The summed E-state index contributed by atoms with van der Waals surface area (Å²) in [5, 5.41) is 0. The van der Waals surface area contributed by atoms with Crippen molar-refractivity contribution in [3.05, 3.63) is 34.3 Å². The van der Waals surface area contributed by atoms with E-state index in [1.807, 2.05) is 0 Å². The molecule has 0 aliphatic heterocycles. The minimum Gasteiger partial charge on any atom is -0.0888 e. The molecule has 2 rings (SSSR count). The topological polar surface area (TPSA) is 0 Å². The van der Waals surface area contributed by atoms with E-state index < -0.39 is 0 Å². The molecule has 1 atom stereocenters. The lowest BCUT2D eigenvalue weighted by molar-refractivity contribution is 0.508. The van der Waals surface area contributed by atoms with Crippen LogP contribution < -0.4 is 0 Å². The van der Waals surface area contributed by atoms with Gasteiger partial charge in [0.15, 0.2) is 0 Å². The van der Waals surface area contributed by atoms with Crippen LogP contribution in [-0.2, 0) is 6.42 Å². The summed E-state index contributed by atoms with van der Waals surface area (Å²) in [6.45, 7) is 2.27. The van der Waals surface area contributed by atoms with E-state index in [0.717, 1.165) is 0 Å². The molecule has 14 heavy (non-hydrogen) atoms. The third-order valence-corrected chi connectivity index (χ3v) is 4.98. The highest BCUT2D eigenvalue weighted by molar-refractivity contribution is 9.10. The van der Waals surface area contributed by atoms with Crippen LogP contribution in [-0.4, -0.2) is 4.83 Å². The Bertz CT molecular complexity index is 327. The highest BCUT2D eigenvalue weighted by atomic mass is 79.9. The summed E-state index contributed by atoms with van der Waals surface area (Å²) in [5.41, 5.74) is 1.97. The molecule has 0 amide bonds. The molecule has 0 N–H and O–H groups in total. The van der Waals surface area contributed by atoms with Crippen LogP contribution in [0.4, 0.5) is 0 Å². The molecule has 0 spiro atoms. The normalized spacial score (nSPS) is 20.5. The highest BCUT2D eigenvalue weighted by Crippen LogP contribution is 2.54. The first-order chi connectivity index (χ1) is 6.64. The van der Waals surface area contributed by atoms with E-state index in [2.05, 4.69) is 63.0 Å². The van der Waals surface area contributed by atoms with Gasteiger partial charge in [0.05, 0.1) is 0 Å². The second-order valence-corrected chi connectivity index (χ2v) is 6.47. The monoisotopic (exact) mass is 316 g/mol. The van der Waals surface area contributed by atoms with Crippen LogP contribution in [0.5, 0.6) is 0 Å². The van der Waals surface area contributed by atoms with Crippen LogP contribution in [0.3, 0.4) is 0 Å². The van der Waals surface area contributed by atoms with E-state index in [0.29, 0.717) is 10.2 Å². The van der Waals surface area contributed by atoms with Gasteiger partial charge >= 0.3 is 0 Å². The Labute approximate surface area is 102 Å². The number of hydrogen-bond donors (Lipinski definition) is 0. The van der Waals surface area contributed by atoms with Crippen molar-refractivity contribution in [3.63, 3.8) is 0 Å². The van der Waals surface area contributed by atoms with Crippen LogP contribution >= 0.6 is 31.9 Å². The van der Waals surface area contributed by atoms with Gasteiger partial charge in [-0.15, -0.1) is 0 Å². The van der Waals surface area contributed by atoms with E-state index in [4.69, 9.17) is 0 Å². The molecule has 2 heteroatoms. The maximum absolute atomic E-state index is 3.73. The summed E-state index contributed by atoms with van der Waals surface area (Å²) < 4.78 is 1.25. The van der Waals surface area contributed by atoms with Crippen molar-refractivity contribution < 1.29 is 0 Å². The maximum atomic E-state index is 3.73. The van der Waals surface area contributed by atoms with Gasteiger partial charge in [0.25, 0.3) is 0 Å². The van der Waals surface area contributed by atoms with Crippen molar-refractivity contribution in [1.82, 2.24) is 0 Å². The minimum atomic E-state index is 0.532. The average Bonchev–Trinajstić information content (AvgIpc) is 2.90. The van der Waals surface area contributed by atoms with Crippen molar-refractivity contribution in [2.75, 3.05) is 0 Å². The summed E-state index contributed by atoms with van der Waals surface area (Å²) >= 11 is 7.34. The van der Waals surface area contributed by atoms with E-state index in [1.54, 1.807) is 0 Å². The van der Waals surface area contributed by atoms with Crippen LogP contribution in [0.25, 0.3) is 0 Å². The molecule has 1 aliphatic rings. The Morgan fingerprint density at radius 1 is 1.36 bits per heavy atom. The van der Waals surface area contributed by atoms with Crippen LogP contribution in [0, 0.1) is 5.41 Å². The largest absolute Gasteiger partial charge is 0.0888 e. The predicted octanol–water partition coefficient (Wildman–Crippen LogP) is 4.56. The SMILES string of the molecule is CC(Br)C1(Cc2ccccc2Br)CC1.